The van der Waals surface area contributed by atoms with Crippen LogP contribution in [0.2, 0.25) is 0 Å². The molecule has 0 bridgehead atoms. The van der Waals surface area contributed by atoms with Crippen LogP contribution in [-0.4, -0.2) is 31.7 Å². The first-order chi connectivity index (χ1) is 11.8. The van der Waals surface area contributed by atoms with Gasteiger partial charge in [0, 0.05) is 18.4 Å². The summed E-state index contributed by atoms with van der Waals surface area (Å²) in [5.41, 5.74) is 1.38. The number of hydrogen-bond acceptors (Lipinski definition) is 1. The molecule has 0 aromatic heterocycles. The van der Waals surface area contributed by atoms with Crippen LogP contribution in [0.3, 0.4) is 0 Å². The predicted octanol–water partition coefficient (Wildman–Crippen LogP) is 1.31. The first-order valence-corrected chi connectivity index (χ1v) is 9.30. The highest BCUT2D eigenvalue weighted by molar-refractivity contribution is 5.33. The van der Waals surface area contributed by atoms with E-state index in [2.05, 4.69) is 25.1 Å². The number of ether oxygens (including phenoxy) is 1. The van der Waals surface area contributed by atoms with Crippen molar-refractivity contribution in [3.05, 3.63) is 60.2 Å². The molecule has 2 aliphatic rings. The lowest BCUT2D eigenvalue weighted by atomic mass is 10.0. The second-order valence-electron chi connectivity index (χ2n) is 7.34. The summed E-state index contributed by atoms with van der Waals surface area (Å²) in [4.78, 5) is 3.59. The molecule has 4 atom stereocenters. The van der Waals surface area contributed by atoms with Crippen LogP contribution in [0.25, 0.3) is 0 Å². The molecule has 0 aliphatic carbocycles. The minimum absolute atomic E-state index is 0.759. The van der Waals surface area contributed by atoms with E-state index in [9.17, 15) is 0 Å². The molecule has 0 saturated carbocycles. The number of hydrogen-bond donors (Lipinski definition) is 2. The van der Waals surface area contributed by atoms with E-state index in [-0.39, 0.29) is 0 Å². The molecule has 0 radical (unpaired) electrons. The van der Waals surface area contributed by atoms with Gasteiger partial charge in [-0.05, 0) is 31.2 Å². The zero-order chi connectivity index (χ0) is 16.4. The molecule has 24 heavy (non-hydrogen) atoms. The molecule has 2 fully saturated rings. The van der Waals surface area contributed by atoms with Gasteiger partial charge in [-0.1, -0.05) is 30.3 Å². The summed E-state index contributed by atoms with van der Waals surface area (Å²) in [6, 6.07) is 20.3. The van der Waals surface area contributed by atoms with Crippen LogP contribution < -0.4 is 14.5 Å². The summed E-state index contributed by atoms with van der Waals surface area (Å²) in [5, 5.41) is 0. The van der Waals surface area contributed by atoms with Crippen LogP contribution >= 0.6 is 0 Å². The van der Waals surface area contributed by atoms with Crippen LogP contribution in [0.4, 0.5) is 0 Å². The molecule has 126 valence electrons. The Hall–Kier alpha value is -1.84. The van der Waals surface area contributed by atoms with Crippen molar-refractivity contribution in [1.82, 2.24) is 0 Å². The zero-order valence-electron chi connectivity index (χ0n) is 14.5. The topological polar surface area (TPSA) is 18.1 Å². The maximum atomic E-state index is 5.99. The predicted molar refractivity (Wildman–Crippen MR) is 95.7 cm³/mol. The molecule has 2 aromatic rings. The number of benzene rings is 2. The number of quaternary nitrogens is 2. The highest BCUT2D eigenvalue weighted by atomic mass is 16.5. The van der Waals surface area contributed by atoms with Gasteiger partial charge in [-0.15, -0.1) is 0 Å². The van der Waals surface area contributed by atoms with Gasteiger partial charge in [0.25, 0.3) is 0 Å². The second kappa shape index (κ2) is 6.96. The Labute approximate surface area is 144 Å². The maximum absolute atomic E-state index is 5.99. The Bertz CT molecular complexity index is 673. The molecular weight excluding hydrogens is 296 g/mol. The third-order valence-electron chi connectivity index (χ3n) is 5.86. The van der Waals surface area contributed by atoms with Crippen LogP contribution in [0, 0.1) is 0 Å². The van der Waals surface area contributed by atoms with E-state index in [1.54, 1.807) is 4.90 Å². The molecule has 0 amide bonds. The van der Waals surface area contributed by atoms with Crippen molar-refractivity contribution < 1.29 is 14.5 Å². The first-order valence-electron chi connectivity index (χ1n) is 9.30. The number of para-hydroxylation sites is 1. The fourth-order valence-electron chi connectivity index (χ4n) is 4.54. The van der Waals surface area contributed by atoms with Gasteiger partial charge < -0.3 is 14.5 Å². The lowest BCUT2D eigenvalue weighted by molar-refractivity contribution is -1.05. The van der Waals surface area contributed by atoms with Crippen LogP contribution in [0.15, 0.2) is 54.6 Å². The van der Waals surface area contributed by atoms with E-state index < -0.39 is 0 Å². The van der Waals surface area contributed by atoms with Crippen molar-refractivity contribution >= 4 is 0 Å². The minimum atomic E-state index is 0.759. The molecule has 0 spiro atoms. The van der Waals surface area contributed by atoms with E-state index in [0.29, 0.717) is 0 Å². The molecule has 3 nitrogen and oxygen atoms in total. The van der Waals surface area contributed by atoms with Crippen molar-refractivity contribution in [2.24, 2.45) is 0 Å². The third kappa shape index (κ3) is 3.33. The third-order valence-corrected chi connectivity index (χ3v) is 5.86. The quantitative estimate of drug-likeness (QED) is 0.868. The summed E-state index contributed by atoms with van der Waals surface area (Å²) in [7, 11) is 0. The molecule has 2 heterocycles. The maximum Gasteiger partial charge on any atom is 0.140 e. The molecule has 2 N–H and O–H groups in total. The molecule has 2 unspecified atom stereocenters. The van der Waals surface area contributed by atoms with Gasteiger partial charge in [-0.25, -0.2) is 0 Å². The zero-order valence-corrected chi connectivity index (χ0v) is 14.5. The van der Waals surface area contributed by atoms with Gasteiger partial charge in [-0.3, -0.25) is 0 Å². The van der Waals surface area contributed by atoms with E-state index >= 15 is 0 Å². The average Bonchev–Trinajstić information content (AvgIpc) is 3.08. The van der Waals surface area contributed by atoms with Gasteiger partial charge in [0.15, 0.2) is 0 Å². The van der Waals surface area contributed by atoms with Crippen molar-refractivity contribution in [1.29, 1.82) is 0 Å². The molecule has 2 aromatic carbocycles. The van der Waals surface area contributed by atoms with Crippen molar-refractivity contribution in [3.8, 4) is 11.5 Å². The molecule has 2 aliphatic heterocycles. The van der Waals surface area contributed by atoms with E-state index in [0.717, 1.165) is 30.1 Å². The highest BCUT2D eigenvalue weighted by Gasteiger charge is 2.42. The normalized spacial score (nSPS) is 29.2. The summed E-state index contributed by atoms with van der Waals surface area (Å²) in [5.74, 6) is 1.84. The first kappa shape index (κ1) is 15.7. The van der Waals surface area contributed by atoms with E-state index in [4.69, 9.17) is 4.74 Å². The molecule has 2 saturated heterocycles. The van der Waals surface area contributed by atoms with Crippen molar-refractivity contribution in [2.45, 2.75) is 38.4 Å². The van der Waals surface area contributed by atoms with Crippen molar-refractivity contribution in [2.75, 3.05) is 19.6 Å². The van der Waals surface area contributed by atoms with Gasteiger partial charge >= 0.3 is 0 Å². The number of piperazine rings is 1. The number of rotatable bonds is 4. The lowest BCUT2D eigenvalue weighted by Crippen LogP contribution is -3.31. The number of nitrogens with one attached hydrogen (secondary N) is 2. The Kier molecular flexibility index (Phi) is 4.54. The molecule has 3 heteroatoms. The summed E-state index contributed by atoms with van der Waals surface area (Å²) < 4.78 is 5.99. The summed E-state index contributed by atoms with van der Waals surface area (Å²) in [6.07, 6.45) is 2.83. The van der Waals surface area contributed by atoms with Gasteiger partial charge in [-0.2, -0.15) is 0 Å². The molecule has 4 rings (SSSR count). The average molecular weight is 324 g/mol. The Morgan fingerprint density at radius 2 is 1.79 bits per heavy atom. The smallest absolute Gasteiger partial charge is 0.140 e. The summed E-state index contributed by atoms with van der Waals surface area (Å²) in [6.45, 7) is 7.58. The molecular formula is C21H28N2O+2. The number of fused-ring (bicyclic) bond motifs is 1. The fourth-order valence-corrected chi connectivity index (χ4v) is 4.54. The Morgan fingerprint density at radius 3 is 2.67 bits per heavy atom. The lowest BCUT2D eigenvalue weighted by Gasteiger charge is -2.37. The highest BCUT2D eigenvalue weighted by Crippen LogP contribution is 2.21. The minimum Gasteiger partial charge on any atom is -0.457 e. The summed E-state index contributed by atoms with van der Waals surface area (Å²) >= 11 is 0. The Balaban J connectivity index is 1.44. The van der Waals surface area contributed by atoms with E-state index in [1.807, 2.05) is 41.3 Å². The monoisotopic (exact) mass is 324 g/mol. The van der Waals surface area contributed by atoms with Crippen molar-refractivity contribution in [3.63, 3.8) is 0 Å². The van der Waals surface area contributed by atoms with Gasteiger partial charge in [0.1, 0.15) is 43.2 Å². The van der Waals surface area contributed by atoms with Gasteiger partial charge in [0.2, 0.25) is 0 Å². The SMILES string of the molecule is C[C@H]1[C@H]2CCC[NH+]2CC[NH+]1Cc1cccc(Oc2ccccc2)c1. The standard InChI is InChI=1S/C21H26N2O/c1-17-21-11-6-12-22(21)13-14-23(17)16-18-7-5-10-20(15-18)24-19-8-3-2-4-9-19/h2-5,7-10,15,17,21H,6,11-14,16H2,1H3/p+2/t17-,21+/m0/s1. The second-order valence-corrected chi connectivity index (χ2v) is 7.34. The Morgan fingerprint density at radius 1 is 0.958 bits per heavy atom. The van der Waals surface area contributed by atoms with Crippen LogP contribution in [-0.2, 0) is 6.54 Å². The van der Waals surface area contributed by atoms with Crippen LogP contribution in [0.1, 0.15) is 25.3 Å². The van der Waals surface area contributed by atoms with E-state index in [1.165, 1.54) is 38.0 Å². The fraction of sp³-hybridized carbons (Fsp3) is 0.429. The van der Waals surface area contributed by atoms with Crippen LogP contribution in [0.5, 0.6) is 11.5 Å². The largest absolute Gasteiger partial charge is 0.457 e. The van der Waals surface area contributed by atoms with Gasteiger partial charge in [0.05, 0.1) is 6.54 Å².